The normalized spacial score (nSPS) is 14.0. The lowest BCUT2D eigenvalue weighted by Gasteiger charge is -2.10. The minimum Gasteiger partial charge on any atom is -0.280 e. The van der Waals surface area contributed by atoms with Gasteiger partial charge in [-0.3, -0.25) is 4.72 Å². The standard InChI is InChI=1S/C16H16BrNO2S/c1-11-5-7-14(10-16(11)17)18-21(19,20)15-8-6-12-3-2-4-13(12)9-15/h5-10,18H,2-4H2,1H3. The van der Waals surface area contributed by atoms with Crippen molar-refractivity contribution in [3.8, 4) is 0 Å². The highest BCUT2D eigenvalue weighted by atomic mass is 79.9. The molecule has 0 saturated carbocycles. The largest absolute Gasteiger partial charge is 0.280 e. The van der Waals surface area contributed by atoms with Crippen molar-refractivity contribution < 1.29 is 8.42 Å². The second-order valence-electron chi connectivity index (χ2n) is 5.35. The number of anilines is 1. The summed E-state index contributed by atoms with van der Waals surface area (Å²) < 4.78 is 28.5. The van der Waals surface area contributed by atoms with Crippen LogP contribution in [-0.4, -0.2) is 8.42 Å². The highest BCUT2D eigenvalue weighted by Gasteiger charge is 2.18. The molecule has 110 valence electrons. The van der Waals surface area contributed by atoms with Crippen LogP contribution in [0, 0.1) is 6.92 Å². The van der Waals surface area contributed by atoms with E-state index in [1.165, 1.54) is 5.56 Å². The Balaban J connectivity index is 1.91. The van der Waals surface area contributed by atoms with Gasteiger partial charge < -0.3 is 0 Å². The first-order chi connectivity index (χ1) is 9.95. The maximum atomic E-state index is 12.5. The van der Waals surface area contributed by atoms with Gasteiger partial charge in [0.15, 0.2) is 0 Å². The van der Waals surface area contributed by atoms with Gasteiger partial charge in [-0.05, 0) is 67.1 Å². The summed E-state index contributed by atoms with van der Waals surface area (Å²) in [6.45, 7) is 1.96. The third-order valence-electron chi connectivity index (χ3n) is 3.80. The van der Waals surface area contributed by atoms with Crippen molar-refractivity contribution in [2.45, 2.75) is 31.1 Å². The monoisotopic (exact) mass is 365 g/mol. The number of hydrogen-bond acceptors (Lipinski definition) is 2. The van der Waals surface area contributed by atoms with E-state index in [9.17, 15) is 8.42 Å². The number of aryl methyl sites for hydroxylation is 3. The number of halogens is 1. The van der Waals surface area contributed by atoms with Gasteiger partial charge in [0.2, 0.25) is 0 Å². The quantitative estimate of drug-likeness (QED) is 0.891. The Morgan fingerprint density at radius 3 is 2.57 bits per heavy atom. The number of rotatable bonds is 3. The van der Waals surface area contributed by atoms with Crippen LogP contribution in [0.1, 0.15) is 23.1 Å². The smallest absolute Gasteiger partial charge is 0.261 e. The molecule has 1 aliphatic carbocycles. The number of sulfonamides is 1. The summed E-state index contributed by atoms with van der Waals surface area (Å²) >= 11 is 3.42. The Bertz CT molecular complexity index is 800. The van der Waals surface area contributed by atoms with Gasteiger partial charge in [0.25, 0.3) is 10.0 Å². The molecule has 2 aromatic rings. The Kier molecular flexibility index (Phi) is 3.80. The number of fused-ring (bicyclic) bond motifs is 1. The average molecular weight is 366 g/mol. The van der Waals surface area contributed by atoms with Crippen LogP contribution in [0.5, 0.6) is 0 Å². The molecule has 21 heavy (non-hydrogen) atoms. The van der Waals surface area contributed by atoms with Gasteiger partial charge in [0.1, 0.15) is 0 Å². The molecule has 2 aromatic carbocycles. The first-order valence-corrected chi connectivity index (χ1v) is 9.14. The lowest BCUT2D eigenvalue weighted by molar-refractivity contribution is 0.601. The third-order valence-corrected chi connectivity index (χ3v) is 6.04. The van der Waals surface area contributed by atoms with Crippen molar-refractivity contribution in [3.63, 3.8) is 0 Å². The molecule has 0 bridgehead atoms. The Morgan fingerprint density at radius 1 is 1.05 bits per heavy atom. The summed E-state index contributed by atoms with van der Waals surface area (Å²) in [7, 11) is -3.54. The Morgan fingerprint density at radius 2 is 1.81 bits per heavy atom. The molecular formula is C16H16BrNO2S. The topological polar surface area (TPSA) is 46.2 Å². The lowest BCUT2D eigenvalue weighted by Crippen LogP contribution is -2.13. The maximum absolute atomic E-state index is 12.5. The van der Waals surface area contributed by atoms with Crippen molar-refractivity contribution >= 4 is 31.6 Å². The summed E-state index contributed by atoms with van der Waals surface area (Å²) in [6, 6.07) is 10.8. The summed E-state index contributed by atoms with van der Waals surface area (Å²) in [6.07, 6.45) is 3.12. The zero-order chi connectivity index (χ0) is 15.0. The minimum atomic E-state index is -3.54. The van der Waals surface area contributed by atoms with Crippen molar-refractivity contribution in [2.75, 3.05) is 4.72 Å². The van der Waals surface area contributed by atoms with E-state index in [0.717, 1.165) is 34.9 Å². The van der Waals surface area contributed by atoms with Crippen LogP contribution in [-0.2, 0) is 22.9 Å². The third kappa shape index (κ3) is 2.99. The molecule has 5 heteroatoms. The predicted molar refractivity (Wildman–Crippen MR) is 88.2 cm³/mol. The van der Waals surface area contributed by atoms with Crippen LogP contribution >= 0.6 is 15.9 Å². The van der Waals surface area contributed by atoms with Gasteiger partial charge in [-0.25, -0.2) is 8.42 Å². The zero-order valence-electron chi connectivity index (χ0n) is 11.7. The average Bonchev–Trinajstić information content (AvgIpc) is 2.90. The van der Waals surface area contributed by atoms with E-state index in [2.05, 4.69) is 20.7 Å². The summed E-state index contributed by atoms with van der Waals surface area (Å²) in [5, 5.41) is 0. The van der Waals surface area contributed by atoms with Gasteiger partial charge in [-0.2, -0.15) is 0 Å². The van der Waals surface area contributed by atoms with Crippen LogP contribution in [0.2, 0.25) is 0 Å². The van der Waals surface area contributed by atoms with E-state index in [-0.39, 0.29) is 0 Å². The molecule has 0 fully saturated rings. The van der Waals surface area contributed by atoms with Crippen molar-refractivity contribution in [3.05, 3.63) is 57.6 Å². The van der Waals surface area contributed by atoms with Crippen molar-refractivity contribution in [1.29, 1.82) is 0 Å². The van der Waals surface area contributed by atoms with E-state index < -0.39 is 10.0 Å². The first-order valence-electron chi connectivity index (χ1n) is 6.86. The van der Waals surface area contributed by atoms with Gasteiger partial charge in [0.05, 0.1) is 4.90 Å². The second kappa shape index (κ2) is 5.46. The fourth-order valence-electron chi connectivity index (χ4n) is 2.59. The SMILES string of the molecule is Cc1ccc(NS(=O)(=O)c2ccc3c(c2)CCC3)cc1Br. The number of nitrogens with one attached hydrogen (secondary N) is 1. The van der Waals surface area contributed by atoms with Gasteiger partial charge >= 0.3 is 0 Å². The molecule has 3 nitrogen and oxygen atoms in total. The van der Waals surface area contributed by atoms with E-state index in [1.54, 1.807) is 24.3 Å². The fraction of sp³-hybridized carbons (Fsp3) is 0.250. The molecule has 0 amide bonds. The molecular weight excluding hydrogens is 350 g/mol. The molecule has 0 aromatic heterocycles. The molecule has 0 unspecified atom stereocenters. The van der Waals surface area contributed by atoms with E-state index >= 15 is 0 Å². The molecule has 0 aliphatic heterocycles. The van der Waals surface area contributed by atoms with E-state index in [4.69, 9.17) is 0 Å². The van der Waals surface area contributed by atoms with Crippen LogP contribution in [0.15, 0.2) is 45.8 Å². The van der Waals surface area contributed by atoms with Crippen LogP contribution in [0.3, 0.4) is 0 Å². The second-order valence-corrected chi connectivity index (χ2v) is 7.89. The van der Waals surface area contributed by atoms with Gasteiger partial charge in [-0.1, -0.05) is 28.1 Å². The molecule has 0 saturated heterocycles. The van der Waals surface area contributed by atoms with Crippen molar-refractivity contribution in [1.82, 2.24) is 0 Å². The molecule has 1 aliphatic rings. The zero-order valence-corrected chi connectivity index (χ0v) is 14.1. The Labute approximate surface area is 133 Å². The predicted octanol–water partition coefficient (Wildman–Crippen LogP) is 4.05. The number of benzene rings is 2. The summed E-state index contributed by atoms with van der Waals surface area (Å²) in [4.78, 5) is 0.333. The summed E-state index contributed by atoms with van der Waals surface area (Å²) in [5.74, 6) is 0. The van der Waals surface area contributed by atoms with Gasteiger partial charge in [0, 0.05) is 10.2 Å². The maximum Gasteiger partial charge on any atom is 0.261 e. The molecule has 0 radical (unpaired) electrons. The molecule has 0 heterocycles. The number of hydrogen-bond donors (Lipinski definition) is 1. The molecule has 1 N–H and O–H groups in total. The van der Waals surface area contributed by atoms with E-state index in [0.29, 0.717) is 10.6 Å². The molecule has 0 atom stereocenters. The summed E-state index contributed by atoms with van der Waals surface area (Å²) in [5.41, 5.74) is 4.05. The molecule has 0 spiro atoms. The van der Waals surface area contributed by atoms with Crippen LogP contribution in [0.4, 0.5) is 5.69 Å². The van der Waals surface area contributed by atoms with E-state index in [1.807, 2.05) is 19.1 Å². The fourth-order valence-corrected chi connectivity index (χ4v) is 4.06. The van der Waals surface area contributed by atoms with Crippen LogP contribution < -0.4 is 4.72 Å². The minimum absolute atomic E-state index is 0.333. The first kappa shape index (κ1) is 14.6. The highest BCUT2D eigenvalue weighted by molar-refractivity contribution is 9.10. The highest BCUT2D eigenvalue weighted by Crippen LogP contribution is 2.27. The Hall–Kier alpha value is -1.33. The van der Waals surface area contributed by atoms with Crippen LogP contribution in [0.25, 0.3) is 0 Å². The van der Waals surface area contributed by atoms with Gasteiger partial charge in [-0.15, -0.1) is 0 Å². The molecule has 3 rings (SSSR count). The van der Waals surface area contributed by atoms with Crippen molar-refractivity contribution in [2.24, 2.45) is 0 Å². The lowest BCUT2D eigenvalue weighted by atomic mass is 10.1.